The summed E-state index contributed by atoms with van der Waals surface area (Å²) in [6.45, 7) is 3.40. The van der Waals surface area contributed by atoms with Crippen LogP contribution in [0.4, 0.5) is 11.8 Å². The molecule has 2 rings (SSSR count). The van der Waals surface area contributed by atoms with Crippen LogP contribution in [0.15, 0.2) is 30.7 Å². The van der Waals surface area contributed by atoms with Gasteiger partial charge in [0.2, 0.25) is 5.95 Å². The van der Waals surface area contributed by atoms with Crippen molar-refractivity contribution in [3.8, 4) is 0 Å². The summed E-state index contributed by atoms with van der Waals surface area (Å²) in [5, 5.41) is 6.72. The maximum absolute atomic E-state index is 6.03. The lowest BCUT2D eigenvalue weighted by molar-refractivity contribution is 1.05. The zero-order valence-corrected chi connectivity index (χ0v) is 10.8. The van der Waals surface area contributed by atoms with E-state index >= 15 is 0 Å². The molecule has 0 spiro atoms. The highest BCUT2D eigenvalue weighted by molar-refractivity contribution is 6.32. The third-order valence-corrected chi connectivity index (χ3v) is 2.56. The summed E-state index contributed by atoms with van der Waals surface area (Å²) in [5.74, 6) is 1.19. The second-order valence-corrected chi connectivity index (χ2v) is 4.04. The predicted molar refractivity (Wildman–Crippen MR) is 72.8 cm³/mol. The molecule has 0 saturated heterocycles. The first-order chi connectivity index (χ1) is 8.79. The third kappa shape index (κ3) is 3.30. The fourth-order valence-corrected chi connectivity index (χ4v) is 1.58. The van der Waals surface area contributed by atoms with Crippen LogP contribution in [-0.2, 0) is 6.54 Å². The summed E-state index contributed by atoms with van der Waals surface area (Å²) in [5.41, 5.74) is 1.12. The van der Waals surface area contributed by atoms with E-state index in [1.165, 1.54) is 0 Å². The Morgan fingerprint density at radius 3 is 2.72 bits per heavy atom. The number of anilines is 2. The van der Waals surface area contributed by atoms with Gasteiger partial charge in [-0.15, -0.1) is 0 Å². The van der Waals surface area contributed by atoms with Crippen LogP contribution in [0.3, 0.4) is 0 Å². The van der Waals surface area contributed by atoms with E-state index in [1.54, 1.807) is 18.6 Å². The Hall–Kier alpha value is -1.88. The van der Waals surface area contributed by atoms with Crippen molar-refractivity contribution in [2.24, 2.45) is 0 Å². The van der Waals surface area contributed by atoms with Crippen molar-refractivity contribution in [3.05, 3.63) is 41.3 Å². The number of pyridine rings is 1. The smallest absolute Gasteiger partial charge is 0.224 e. The van der Waals surface area contributed by atoms with E-state index in [-0.39, 0.29) is 0 Å². The zero-order valence-electron chi connectivity index (χ0n) is 10.0. The van der Waals surface area contributed by atoms with Gasteiger partial charge in [0, 0.05) is 25.5 Å². The molecular formula is C12H14ClN5. The summed E-state index contributed by atoms with van der Waals surface area (Å²) in [6, 6.07) is 3.88. The molecule has 18 heavy (non-hydrogen) atoms. The summed E-state index contributed by atoms with van der Waals surface area (Å²) >= 11 is 6.03. The molecular weight excluding hydrogens is 250 g/mol. The molecule has 0 aliphatic rings. The molecule has 2 aromatic heterocycles. The van der Waals surface area contributed by atoms with Crippen LogP contribution in [0.2, 0.25) is 5.02 Å². The van der Waals surface area contributed by atoms with E-state index in [0.29, 0.717) is 23.3 Å². The van der Waals surface area contributed by atoms with Gasteiger partial charge < -0.3 is 10.6 Å². The molecule has 6 heteroatoms. The average molecular weight is 264 g/mol. The highest BCUT2D eigenvalue weighted by Crippen LogP contribution is 2.19. The van der Waals surface area contributed by atoms with Gasteiger partial charge in [0.15, 0.2) is 5.82 Å². The first-order valence-electron chi connectivity index (χ1n) is 5.68. The van der Waals surface area contributed by atoms with Crippen molar-refractivity contribution < 1.29 is 0 Å². The second kappa shape index (κ2) is 6.16. The van der Waals surface area contributed by atoms with E-state index < -0.39 is 0 Å². The number of nitrogens with one attached hydrogen (secondary N) is 2. The minimum absolute atomic E-state index is 0.505. The Morgan fingerprint density at radius 1 is 1.22 bits per heavy atom. The minimum Gasteiger partial charge on any atom is -0.365 e. The normalized spacial score (nSPS) is 10.1. The molecule has 0 atom stereocenters. The number of hydrogen-bond acceptors (Lipinski definition) is 5. The Labute approximate surface area is 111 Å². The quantitative estimate of drug-likeness (QED) is 0.868. The largest absolute Gasteiger partial charge is 0.365 e. The minimum atomic E-state index is 0.505. The molecule has 0 saturated carbocycles. The van der Waals surface area contributed by atoms with Crippen LogP contribution in [0.25, 0.3) is 0 Å². The molecule has 0 amide bonds. The third-order valence-electron chi connectivity index (χ3n) is 2.29. The number of rotatable bonds is 5. The predicted octanol–water partition coefficient (Wildman–Crippen LogP) is 2.57. The highest BCUT2D eigenvalue weighted by atomic mass is 35.5. The van der Waals surface area contributed by atoms with Gasteiger partial charge in [0.25, 0.3) is 0 Å². The van der Waals surface area contributed by atoms with Crippen LogP contribution in [0, 0.1) is 0 Å². The van der Waals surface area contributed by atoms with E-state index in [1.807, 2.05) is 19.1 Å². The van der Waals surface area contributed by atoms with Gasteiger partial charge >= 0.3 is 0 Å². The van der Waals surface area contributed by atoms with Crippen molar-refractivity contribution in [1.82, 2.24) is 15.0 Å². The van der Waals surface area contributed by atoms with Crippen LogP contribution in [0.1, 0.15) is 12.5 Å². The van der Waals surface area contributed by atoms with Gasteiger partial charge in [0.1, 0.15) is 5.02 Å². The van der Waals surface area contributed by atoms with Crippen molar-refractivity contribution in [2.75, 3.05) is 17.2 Å². The standard InChI is InChI=1S/C12H14ClN5/c1-2-15-12-17-8-10(13)11(18-12)16-7-9-3-5-14-6-4-9/h3-6,8H,2,7H2,1H3,(H2,15,16,17,18). The lowest BCUT2D eigenvalue weighted by Gasteiger charge is -2.09. The van der Waals surface area contributed by atoms with Gasteiger partial charge in [0.05, 0.1) is 6.20 Å². The maximum Gasteiger partial charge on any atom is 0.224 e. The van der Waals surface area contributed by atoms with E-state index in [0.717, 1.165) is 12.1 Å². The Bertz CT molecular complexity index is 503. The molecule has 0 aliphatic carbocycles. The molecule has 0 aromatic carbocycles. The number of halogens is 1. The summed E-state index contributed by atoms with van der Waals surface area (Å²) in [6.07, 6.45) is 5.09. The number of aromatic nitrogens is 3. The number of nitrogens with zero attached hydrogens (tertiary/aromatic N) is 3. The lowest BCUT2D eigenvalue weighted by atomic mass is 10.3. The molecule has 0 aliphatic heterocycles. The Kier molecular flexibility index (Phi) is 4.30. The first-order valence-corrected chi connectivity index (χ1v) is 6.06. The SMILES string of the molecule is CCNc1ncc(Cl)c(NCc2ccncc2)n1. The van der Waals surface area contributed by atoms with Crippen LogP contribution in [-0.4, -0.2) is 21.5 Å². The lowest BCUT2D eigenvalue weighted by Crippen LogP contribution is -2.07. The van der Waals surface area contributed by atoms with E-state index in [2.05, 4.69) is 25.6 Å². The molecule has 94 valence electrons. The van der Waals surface area contributed by atoms with Crippen LogP contribution < -0.4 is 10.6 Å². The first kappa shape index (κ1) is 12.6. The monoisotopic (exact) mass is 263 g/mol. The van der Waals surface area contributed by atoms with Crippen molar-refractivity contribution in [1.29, 1.82) is 0 Å². The van der Waals surface area contributed by atoms with Crippen molar-refractivity contribution in [3.63, 3.8) is 0 Å². The van der Waals surface area contributed by atoms with Crippen molar-refractivity contribution in [2.45, 2.75) is 13.5 Å². The maximum atomic E-state index is 6.03. The van der Waals surface area contributed by atoms with E-state index in [9.17, 15) is 0 Å². The van der Waals surface area contributed by atoms with Gasteiger partial charge in [-0.05, 0) is 24.6 Å². The molecule has 0 unspecified atom stereocenters. The van der Waals surface area contributed by atoms with Crippen LogP contribution in [0.5, 0.6) is 0 Å². The topological polar surface area (TPSA) is 62.7 Å². The molecule has 0 radical (unpaired) electrons. The summed E-state index contributed by atoms with van der Waals surface area (Å²) in [7, 11) is 0. The molecule has 0 fully saturated rings. The Morgan fingerprint density at radius 2 is 2.00 bits per heavy atom. The van der Waals surface area contributed by atoms with Gasteiger partial charge in [-0.3, -0.25) is 4.98 Å². The molecule has 2 aromatic rings. The van der Waals surface area contributed by atoms with Crippen LogP contribution >= 0.6 is 11.6 Å². The average Bonchev–Trinajstić information content (AvgIpc) is 2.41. The van der Waals surface area contributed by atoms with E-state index in [4.69, 9.17) is 11.6 Å². The fourth-order valence-electron chi connectivity index (χ4n) is 1.42. The highest BCUT2D eigenvalue weighted by Gasteiger charge is 2.04. The zero-order chi connectivity index (χ0) is 12.8. The molecule has 2 heterocycles. The summed E-state index contributed by atoms with van der Waals surface area (Å²) < 4.78 is 0. The molecule has 2 N–H and O–H groups in total. The summed E-state index contributed by atoms with van der Waals surface area (Å²) in [4.78, 5) is 12.3. The van der Waals surface area contributed by atoms with Gasteiger partial charge in [-0.25, -0.2) is 4.98 Å². The fraction of sp³-hybridized carbons (Fsp3) is 0.250. The number of hydrogen-bond donors (Lipinski definition) is 2. The van der Waals surface area contributed by atoms with Gasteiger partial charge in [-0.2, -0.15) is 4.98 Å². The molecule has 0 bridgehead atoms. The molecule has 5 nitrogen and oxygen atoms in total. The van der Waals surface area contributed by atoms with Crippen molar-refractivity contribution >= 4 is 23.4 Å². The van der Waals surface area contributed by atoms with Gasteiger partial charge in [-0.1, -0.05) is 11.6 Å². The second-order valence-electron chi connectivity index (χ2n) is 3.63. The Balaban J connectivity index is 2.06.